The lowest BCUT2D eigenvalue weighted by Gasteiger charge is -2.04. The third-order valence-electron chi connectivity index (χ3n) is 2.91. The van der Waals surface area contributed by atoms with Crippen molar-refractivity contribution >= 4 is 34.3 Å². The number of rotatable bonds is 3. The monoisotopic (exact) mass is 285 g/mol. The van der Waals surface area contributed by atoms with E-state index in [1.54, 1.807) is 6.20 Å². The van der Waals surface area contributed by atoms with E-state index in [4.69, 9.17) is 11.6 Å². The predicted molar refractivity (Wildman–Crippen MR) is 82.8 cm³/mol. The molecule has 0 aliphatic rings. The van der Waals surface area contributed by atoms with Gasteiger partial charge < -0.3 is 0 Å². The first-order valence-electron chi connectivity index (χ1n) is 6.04. The molecule has 1 nitrogen and oxygen atoms in total. The molecule has 94 valence electrons. The normalized spacial score (nSPS) is 10.8. The summed E-state index contributed by atoms with van der Waals surface area (Å²) in [6, 6.07) is 18.5. The van der Waals surface area contributed by atoms with E-state index in [1.165, 1.54) is 10.5 Å². The van der Waals surface area contributed by atoms with E-state index in [1.807, 2.05) is 30.0 Å². The molecule has 0 spiro atoms. The Morgan fingerprint density at radius 2 is 1.84 bits per heavy atom. The Balaban J connectivity index is 1.82. The highest BCUT2D eigenvalue weighted by Gasteiger charge is 2.02. The number of benzene rings is 2. The molecule has 1 aromatic heterocycles. The Morgan fingerprint density at radius 3 is 2.68 bits per heavy atom. The topological polar surface area (TPSA) is 12.9 Å². The lowest BCUT2D eigenvalue weighted by molar-refractivity contribution is 1.36. The fraction of sp³-hybridized carbons (Fsp3) is 0.0625. The van der Waals surface area contributed by atoms with Crippen LogP contribution in [-0.4, -0.2) is 4.98 Å². The molecule has 1 heterocycles. The summed E-state index contributed by atoms with van der Waals surface area (Å²) >= 11 is 7.95. The third kappa shape index (κ3) is 2.91. The van der Waals surface area contributed by atoms with Crippen LogP contribution in [0.4, 0.5) is 0 Å². The average molecular weight is 286 g/mol. The summed E-state index contributed by atoms with van der Waals surface area (Å²) in [4.78, 5) is 5.57. The van der Waals surface area contributed by atoms with Crippen molar-refractivity contribution in [2.24, 2.45) is 0 Å². The fourth-order valence-corrected chi connectivity index (χ4v) is 3.02. The summed E-state index contributed by atoms with van der Waals surface area (Å²) in [5.41, 5.74) is 2.28. The van der Waals surface area contributed by atoms with Gasteiger partial charge in [0.1, 0.15) is 0 Å². The van der Waals surface area contributed by atoms with Crippen LogP contribution in [0, 0.1) is 0 Å². The molecule has 0 atom stereocenters. The smallest absolute Gasteiger partial charge is 0.0728 e. The largest absolute Gasteiger partial charge is 0.256 e. The zero-order valence-electron chi connectivity index (χ0n) is 10.2. The minimum atomic E-state index is 0.754. The average Bonchev–Trinajstić information content (AvgIpc) is 2.46. The van der Waals surface area contributed by atoms with Crippen molar-refractivity contribution in [3.8, 4) is 0 Å². The Morgan fingerprint density at radius 1 is 1.00 bits per heavy atom. The zero-order valence-corrected chi connectivity index (χ0v) is 11.8. The number of thioether (sulfide) groups is 1. The van der Waals surface area contributed by atoms with Crippen LogP contribution in [-0.2, 0) is 5.75 Å². The second-order valence-corrected chi connectivity index (χ2v) is 5.70. The summed E-state index contributed by atoms with van der Waals surface area (Å²) in [6.45, 7) is 0. The van der Waals surface area contributed by atoms with Crippen molar-refractivity contribution in [3.05, 3.63) is 71.4 Å². The summed E-state index contributed by atoms with van der Waals surface area (Å²) in [7, 11) is 0. The molecule has 3 heteroatoms. The second-order valence-electron chi connectivity index (χ2n) is 4.25. The van der Waals surface area contributed by atoms with Crippen LogP contribution in [0.5, 0.6) is 0 Å². The van der Waals surface area contributed by atoms with Crippen molar-refractivity contribution < 1.29 is 0 Å². The van der Waals surface area contributed by atoms with E-state index in [-0.39, 0.29) is 0 Å². The molecule has 0 saturated carbocycles. The van der Waals surface area contributed by atoms with E-state index in [0.29, 0.717) is 0 Å². The van der Waals surface area contributed by atoms with E-state index < -0.39 is 0 Å². The van der Waals surface area contributed by atoms with E-state index >= 15 is 0 Å². The van der Waals surface area contributed by atoms with Gasteiger partial charge in [-0.05, 0) is 23.8 Å². The highest BCUT2D eigenvalue weighted by Crippen LogP contribution is 2.28. The second kappa shape index (κ2) is 5.64. The minimum absolute atomic E-state index is 0.754. The van der Waals surface area contributed by atoms with Gasteiger partial charge in [-0.3, -0.25) is 4.98 Å². The quantitative estimate of drug-likeness (QED) is 0.615. The van der Waals surface area contributed by atoms with Crippen molar-refractivity contribution in [3.63, 3.8) is 0 Å². The van der Waals surface area contributed by atoms with Crippen LogP contribution in [0.2, 0.25) is 5.02 Å². The standard InChI is InChI=1S/C16H12ClNS/c17-15-8-9-18-16-10-13(6-7-14(15)16)19-11-12-4-2-1-3-5-12/h1-10H,11H2. The molecule has 0 aliphatic heterocycles. The van der Waals surface area contributed by atoms with Gasteiger partial charge in [0.2, 0.25) is 0 Å². The highest BCUT2D eigenvalue weighted by molar-refractivity contribution is 7.98. The first-order chi connectivity index (χ1) is 9.33. The molecule has 19 heavy (non-hydrogen) atoms. The Hall–Kier alpha value is -1.51. The number of fused-ring (bicyclic) bond motifs is 1. The molecule has 0 amide bonds. The lowest BCUT2D eigenvalue weighted by Crippen LogP contribution is -1.82. The predicted octanol–water partition coefficient (Wildman–Crippen LogP) is 5.18. The Labute approximate surface area is 121 Å². The molecular weight excluding hydrogens is 274 g/mol. The van der Waals surface area contributed by atoms with Gasteiger partial charge in [0.05, 0.1) is 10.5 Å². The van der Waals surface area contributed by atoms with E-state index in [2.05, 4.69) is 41.4 Å². The van der Waals surface area contributed by atoms with Crippen molar-refractivity contribution in [1.82, 2.24) is 4.98 Å². The number of nitrogens with zero attached hydrogens (tertiary/aromatic N) is 1. The maximum atomic E-state index is 6.14. The SMILES string of the molecule is Clc1ccnc2cc(SCc3ccccc3)ccc12. The summed E-state index contributed by atoms with van der Waals surface area (Å²) < 4.78 is 0. The van der Waals surface area contributed by atoms with Gasteiger partial charge in [0.25, 0.3) is 0 Å². The van der Waals surface area contributed by atoms with Crippen LogP contribution in [0.3, 0.4) is 0 Å². The van der Waals surface area contributed by atoms with Crippen LogP contribution in [0.15, 0.2) is 65.7 Å². The summed E-state index contributed by atoms with van der Waals surface area (Å²) in [5.74, 6) is 0.965. The van der Waals surface area contributed by atoms with Gasteiger partial charge in [0.15, 0.2) is 0 Å². The molecule has 0 saturated heterocycles. The van der Waals surface area contributed by atoms with Crippen molar-refractivity contribution in [2.75, 3.05) is 0 Å². The molecule has 0 fully saturated rings. The van der Waals surface area contributed by atoms with Gasteiger partial charge in [0, 0.05) is 22.2 Å². The molecule has 2 aromatic carbocycles. The number of hydrogen-bond acceptors (Lipinski definition) is 2. The van der Waals surface area contributed by atoms with E-state index in [0.717, 1.165) is 21.7 Å². The zero-order chi connectivity index (χ0) is 13.1. The van der Waals surface area contributed by atoms with Gasteiger partial charge in [-0.1, -0.05) is 48.0 Å². The van der Waals surface area contributed by atoms with Crippen molar-refractivity contribution in [1.29, 1.82) is 0 Å². The number of aromatic nitrogens is 1. The molecule has 3 aromatic rings. The number of halogens is 1. The first-order valence-corrected chi connectivity index (χ1v) is 7.40. The molecule has 0 aliphatic carbocycles. The van der Waals surface area contributed by atoms with Crippen LogP contribution >= 0.6 is 23.4 Å². The maximum absolute atomic E-state index is 6.14. The molecular formula is C16H12ClNS. The van der Waals surface area contributed by atoms with Gasteiger partial charge in [-0.2, -0.15) is 0 Å². The molecule has 0 N–H and O–H groups in total. The van der Waals surface area contributed by atoms with Gasteiger partial charge in [-0.15, -0.1) is 11.8 Å². The fourth-order valence-electron chi connectivity index (χ4n) is 1.92. The van der Waals surface area contributed by atoms with Crippen LogP contribution < -0.4 is 0 Å². The molecule has 0 bridgehead atoms. The highest BCUT2D eigenvalue weighted by atomic mass is 35.5. The summed E-state index contributed by atoms with van der Waals surface area (Å²) in [6.07, 6.45) is 1.75. The van der Waals surface area contributed by atoms with E-state index in [9.17, 15) is 0 Å². The lowest BCUT2D eigenvalue weighted by atomic mass is 10.2. The molecule has 3 rings (SSSR count). The van der Waals surface area contributed by atoms with Gasteiger partial charge in [-0.25, -0.2) is 0 Å². The number of pyridine rings is 1. The third-order valence-corrected chi connectivity index (χ3v) is 4.30. The van der Waals surface area contributed by atoms with Crippen LogP contribution in [0.25, 0.3) is 10.9 Å². The van der Waals surface area contributed by atoms with Crippen LogP contribution in [0.1, 0.15) is 5.56 Å². The maximum Gasteiger partial charge on any atom is 0.0728 e. The summed E-state index contributed by atoms with van der Waals surface area (Å²) in [5, 5.41) is 1.76. The van der Waals surface area contributed by atoms with Crippen molar-refractivity contribution in [2.45, 2.75) is 10.6 Å². The number of hydrogen-bond donors (Lipinski definition) is 0. The first kappa shape index (κ1) is 12.5. The Bertz CT molecular complexity index is 697. The molecule has 0 unspecified atom stereocenters. The Kier molecular flexibility index (Phi) is 3.72. The van der Waals surface area contributed by atoms with Gasteiger partial charge >= 0.3 is 0 Å². The molecule has 0 radical (unpaired) electrons. The minimum Gasteiger partial charge on any atom is -0.256 e.